The third-order valence-electron chi connectivity index (χ3n) is 2.92. The van der Waals surface area contributed by atoms with Gasteiger partial charge in [-0.05, 0) is 36.2 Å². The normalized spacial score (nSPS) is 10.8. The molecule has 0 aliphatic carbocycles. The summed E-state index contributed by atoms with van der Waals surface area (Å²) in [7, 11) is 0. The maximum Gasteiger partial charge on any atom is 0.195 e. The molecule has 0 aliphatic rings. The minimum absolute atomic E-state index is 0.657. The predicted octanol–water partition coefficient (Wildman–Crippen LogP) is 4.03. The lowest BCUT2D eigenvalue weighted by atomic mass is 10.1. The Morgan fingerprint density at radius 2 is 2.21 bits per heavy atom. The summed E-state index contributed by atoms with van der Waals surface area (Å²) in [5.74, 6) is 0.904. The lowest BCUT2D eigenvalue weighted by molar-refractivity contribution is 0.791. The number of aryl methyl sites for hydroxylation is 1. The van der Waals surface area contributed by atoms with Gasteiger partial charge in [0.15, 0.2) is 10.6 Å². The molecule has 19 heavy (non-hydrogen) atoms. The highest BCUT2D eigenvalue weighted by Crippen LogP contribution is 2.23. The SMILES string of the molecule is Cc1cccc(Cn2c(-c3cccs3)n[nH]c2=S)c1. The maximum absolute atomic E-state index is 5.33. The Balaban J connectivity index is 2.02. The number of aromatic amines is 1. The molecule has 0 atom stereocenters. The quantitative estimate of drug-likeness (QED) is 0.738. The number of hydrogen-bond acceptors (Lipinski definition) is 3. The molecule has 3 aromatic rings. The smallest absolute Gasteiger partial charge is 0.195 e. The highest BCUT2D eigenvalue weighted by molar-refractivity contribution is 7.71. The van der Waals surface area contributed by atoms with Crippen molar-refractivity contribution < 1.29 is 0 Å². The van der Waals surface area contributed by atoms with E-state index >= 15 is 0 Å². The Kier molecular flexibility index (Phi) is 3.31. The molecule has 2 aromatic heterocycles. The molecule has 5 heteroatoms. The minimum atomic E-state index is 0.657. The van der Waals surface area contributed by atoms with Crippen molar-refractivity contribution in [1.82, 2.24) is 14.8 Å². The topological polar surface area (TPSA) is 33.6 Å². The summed E-state index contributed by atoms with van der Waals surface area (Å²) in [6, 6.07) is 12.5. The summed E-state index contributed by atoms with van der Waals surface area (Å²) >= 11 is 7.00. The summed E-state index contributed by atoms with van der Waals surface area (Å²) < 4.78 is 2.69. The van der Waals surface area contributed by atoms with Crippen LogP contribution in [0.1, 0.15) is 11.1 Å². The third-order valence-corrected chi connectivity index (χ3v) is 4.10. The molecular formula is C14H13N3S2. The van der Waals surface area contributed by atoms with Crippen molar-refractivity contribution >= 4 is 23.6 Å². The van der Waals surface area contributed by atoms with Crippen molar-refractivity contribution in [3.63, 3.8) is 0 Å². The molecule has 0 unspecified atom stereocenters. The number of rotatable bonds is 3. The summed E-state index contributed by atoms with van der Waals surface area (Å²) in [5.41, 5.74) is 2.49. The van der Waals surface area contributed by atoms with Gasteiger partial charge in [-0.25, -0.2) is 0 Å². The Morgan fingerprint density at radius 1 is 1.32 bits per heavy atom. The molecule has 0 amide bonds. The zero-order valence-corrected chi connectivity index (χ0v) is 12.1. The van der Waals surface area contributed by atoms with Crippen LogP contribution >= 0.6 is 23.6 Å². The fraction of sp³-hybridized carbons (Fsp3) is 0.143. The minimum Gasteiger partial charge on any atom is -0.295 e. The second-order valence-corrected chi connectivity index (χ2v) is 5.74. The molecule has 1 aromatic carbocycles. The number of nitrogens with zero attached hydrogens (tertiary/aromatic N) is 2. The van der Waals surface area contributed by atoms with Crippen LogP contribution in [0.3, 0.4) is 0 Å². The van der Waals surface area contributed by atoms with Crippen LogP contribution in [-0.2, 0) is 6.54 Å². The van der Waals surface area contributed by atoms with Crippen LogP contribution in [0.4, 0.5) is 0 Å². The van der Waals surface area contributed by atoms with Crippen molar-refractivity contribution in [2.24, 2.45) is 0 Å². The van der Waals surface area contributed by atoms with Crippen LogP contribution in [0, 0.1) is 11.7 Å². The van der Waals surface area contributed by atoms with E-state index in [1.807, 2.05) is 16.0 Å². The lowest BCUT2D eigenvalue weighted by Gasteiger charge is -2.06. The first-order valence-electron chi connectivity index (χ1n) is 5.98. The predicted molar refractivity (Wildman–Crippen MR) is 81.0 cm³/mol. The van der Waals surface area contributed by atoms with E-state index in [0.717, 1.165) is 17.2 Å². The summed E-state index contributed by atoms with van der Waals surface area (Å²) in [4.78, 5) is 1.13. The first kappa shape index (κ1) is 12.3. The molecule has 0 aliphatic heterocycles. The van der Waals surface area contributed by atoms with Crippen LogP contribution in [-0.4, -0.2) is 14.8 Å². The monoisotopic (exact) mass is 287 g/mol. The summed E-state index contributed by atoms with van der Waals surface area (Å²) in [5, 5.41) is 9.26. The summed E-state index contributed by atoms with van der Waals surface area (Å²) in [6.07, 6.45) is 0. The highest BCUT2D eigenvalue weighted by atomic mass is 32.1. The van der Waals surface area contributed by atoms with Crippen LogP contribution < -0.4 is 0 Å². The van der Waals surface area contributed by atoms with E-state index in [4.69, 9.17) is 12.2 Å². The van der Waals surface area contributed by atoms with E-state index in [9.17, 15) is 0 Å². The van der Waals surface area contributed by atoms with E-state index < -0.39 is 0 Å². The van der Waals surface area contributed by atoms with Crippen molar-refractivity contribution in [2.75, 3.05) is 0 Å². The third kappa shape index (κ3) is 2.52. The molecular weight excluding hydrogens is 274 g/mol. The number of thiophene rings is 1. The standard InChI is InChI=1S/C14H13N3S2/c1-10-4-2-5-11(8-10)9-17-13(15-16-14(17)18)12-6-3-7-19-12/h2-8H,9H2,1H3,(H,16,18). The molecule has 0 fully saturated rings. The van der Waals surface area contributed by atoms with Gasteiger partial charge in [0.2, 0.25) is 0 Å². The molecule has 3 rings (SSSR count). The van der Waals surface area contributed by atoms with Gasteiger partial charge < -0.3 is 0 Å². The van der Waals surface area contributed by atoms with Gasteiger partial charge in [0.25, 0.3) is 0 Å². The molecule has 0 radical (unpaired) electrons. The summed E-state index contributed by atoms with van der Waals surface area (Å²) in [6.45, 7) is 2.84. The van der Waals surface area contributed by atoms with Crippen molar-refractivity contribution in [3.8, 4) is 10.7 Å². The Hall–Kier alpha value is -1.72. The first-order chi connectivity index (χ1) is 9.24. The Bertz CT molecular complexity index is 738. The van der Waals surface area contributed by atoms with Gasteiger partial charge >= 0.3 is 0 Å². The second kappa shape index (κ2) is 5.11. The molecule has 2 heterocycles. The number of H-pyrrole nitrogens is 1. The van der Waals surface area contributed by atoms with Crippen molar-refractivity contribution in [3.05, 3.63) is 57.7 Å². The van der Waals surface area contributed by atoms with E-state index in [1.165, 1.54) is 11.1 Å². The van der Waals surface area contributed by atoms with Crippen LogP contribution in [0.25, 0.3) is 10.7 Å². The van der Waals surface area contributed by atoms with Gasteiger partial charge in [0, 0.05) is 0 Å². The average molecular weight is 287 g/mol. The van der Waals surface area contributed by atoms with Crippen molar-refractivity contribution in [2.45, 2.75) is 13.5 Å². The van der Waals surface area contributed by atoms with E-state index in [-0.39, 0.29) is 0 Å². The van der Waals surface area contributed by atoms with E-state index in [1.54, 1.807) is 11.3 Å². The fourth-order valence-electron chi connectivity index (χ4n) is 2.05. The molecule has 0 saturated carbocycles. The Morgan fingerprint density at radius 3 is 2.95 bits per heavy atom. The van der Waals surface area contributed by atoms with E-state index in [0.29, 0.717) is 4.77 Å². The van der Waals surface area contributed by atoms with E-state index in [2.05, 4.69) is 47.5 Å². The molecule has 0 bridgehead atoms. The maximum atomic E-state index is 5.33. The zero-order chi connectivity index (χ0) is 13.2. The molecule has 1 N–H and O–H groups in total. The largest absolute Gasteiger partial charge is 0.295 e. The van der Waals surface area contributed by atoms with Crippen LogP contribution in [0.15, 0.2) is 41.8 Å². The molecule has 3 nitrogen and oxygen atoms in total. The molecule has 96 valence electrons. The Labute approximate surface area is 120 Å². The van der Waals surface area contributed by atoms with Gasteiger partial charge in [-0.2, -0.15) is 5.10 Å². The highest BCUT2D eigenvalue weighted by Gasteiger charge is 2.10. The molecule has 0 spiro atoms. The fourth-order valence-corrected chi connectivity index (χ4v) is 2.97. The number of aromatic nitrogens is 3. The number of hydrogen-bond donors (Lipinski definition) is 1. The van der Waals surface area contributed by atoms with Crippen molar-refractivity contribution in [1.29, 1.82) is 0 Å². The zero-order valence-electron chi connectivity index (χ0n) is 10.5. The van der Waals surface area contributed by atoms with Gasteiger partial charge in [-0.1, -0.05) is 35.9 Å². The molecule has 0 saturated heterocycles. The van der Waals surface area contributed by atoms with Gasteiger partial charge in [0.1, 0.15) is 0 Å². The average Bonchev–Trinajstić information content (AvgIpc) is 3.01. The lowest BCUT2D eigenvalue weighted by Crippen LogP contribution is -2.02. The second-order valence-electron chi connectivity index (χ2n) is 4.40. The van der Waals surface area contributed by atoms with Crippen LogP contribution in [0.5, 0.6) is 0 Å². The number of benzene rings is 1. The van der Waals surface area contributed by atoms with Gasteiger partial charge in [-0.15, -0.1) is 11.3 Å². The van der Waals surface area contributed by atoms with Gasteiger partial charge in [0.05, 0.1) is 11.4 Å². The number of nitrogens with one attached hydrogen (secondary N) is 1. The van der Waals surface area contributed by atoms with Gasteiger partial charge in [-0.3, -0.25) is 9.67 Å². The first-order valence-corrected chi connectivity index (χ1v) is 7.27. The van der Waals surface area contributed by atoms with Crippen LogP contribution in [0.2, 0.25) is 0 Å².